The first-order valence-corrected chi connectivity index (χ1v) is 8.77. The van der Waals surface area contributed by atoms with Crippen LogP contribution in [0.25, 0.3) is 0 Å². The van der Waals surface area contributed by atoms with Crippen LogP contribution in [0, 0.1) is 11.3 Å². The van der Waals surface area contributed by atoms with Crippen molar-refractivity contribution in [1.82, 2.24) is 10.2 Å². The van der Waals surface area contributed by atoms with Gasteiger partial charge < -0.3 is 10.1 Å². The average molecular weight is 299 g/mol. The van der Waals surface area contributed by atoms with Crippen LogP contribution in [0.2, 0.25) is 0 Å². The van der Waals surface area contributed by atoms with Gasteiger partial charge in [0.05, 0.1) is 11.7 Å². The highest BCUT2D eigenvalue weighted by Crippen LogP contribution is 2.28. The maximum Gasteiger partial charge on any atom is 0.0757 e. The minimum Gasteiger partial charge on any atom is -0.370 e. The molecule has 0 spiro atoms. The molecule has 126 valence electrons. The molecule has 1 saturated heterocycles. The van der Waals surface area contributed by atoms with Crippen molar-refractivity contribution in [2.24, 2.45) is 11.3 Å². The van der Waals surface area contributed by atoms with Crippen LogP contribution in [0.3, 0.4) is 0 Å². The van der Waals surface area contributed by atoms with Crippen LogP contribution in [0.1, 0.15) is 61.3 Å². The Hall–Kier alpha value is -0.120. The molecule has 1 fully saturated rings. The van der Waals surface area contributed by atoms with Crippen LogP contribution in [0.15, 0.2) is 0 Å². The Morgan fingerprint density at radius 1 is 1.38 bits per heavy atom. The summed E-state index contributed by atoms with van der Waals surface area (Å²) >= 11 is 0. The van der Waals surface area contributed by atoms with Gasteiger partial charge in [0, 0.05) is 26.2 Å². The van der Waals surface area contributed by atoms with Gasteiger partial charge in [-0.1, -0.05) is 34.1 Å². The van der Waals surface area contributed by atoms with Crippen LogP contribution in [-0.4, -0.2) is 49.3 Å². The van der Waals surface area contributed by atoms with E-state index in [9.17, 15) is 0 Å². The maximum atomic E-state index is 6.03. The van der Waals surface area contributed by atoms with Gasteiger partial charge in [-0.15, -0.1) is 0 Å². The summed E-state index contributed by atoms with van der Waals surface area (Å²) in [5.74, 6) is 0.721. The van der Waals surface area contributed by atoms with Crippen molar-refractivity contribution in [1.29, 1.82) is 0 Å². The standard InChI is InChI=1S/C18H38N2O/c1-8-9-18(7,12-19-10-15(2)3)14-20-11-16(4)21-17(5,6)13-20/h15-16,19H,8-14H2,1-7H3. The Morgan fingerprint density at radius 2 is 2.05 bits per heavy atom. The first kappa shape index (κ1) is 18.9. The third-order valence-corrected chi connectivity index (χ3v) is 4.20. The number of morpholine rings is 1. The van der Waals surface area contributed by atoms with Crippen molar-refractivity contribution in [2.75, 3.05) is 32.7 Å². The van der Waals surface area contributed by atoms with Gasteiger partial charge in [-0.25, -0.2) is 0 Å². The Bertz CT molecular complexity index is 304. The number of hydrogen-bond acceptors (Lipinski definition) is 3. The van der Waals surface area contributed by atoms with E-state index in [4.69, 9.17) is 4.74 Å². The number of ether oxygens (including phenoxy) is 1. The summed E-state index contributed by atoms with van der Waals surface area (Å²) < 4.78 is 6.03. The van der Waals surface area contributed by atoms with Crippen molar-refractivity contribution in [2.45, 2.75) is 73.0 Å². The van der Waals surface area contributed by atoms with Gasteiger partial charge in [0.2, 0.25) is 0 Å². The van der Waals surface area contributed by atoms with Crippen molar-refractivity contribution in [3.05, 3.63) is 0 Å². The third kappa shape index (κ3) is 7.12. The van der Waals surface area contributed by atoms with E-state index in [1.807, 2.05) is 0 Å². The summed E-state index contributed by atoms with van der Waals surface area (Å²) in [6.45, 7) is 21.4. The topological polar surface area (TPSA) is 24.5 Å². The van der Waals surface area contributed by atoms with Gasteiger partial charge in [-0.2, -0.15) is 0 Å². The Balaban J connectivity index is 2.59. The molecule has 3 nitrogen and oxygen atoms in total. The summed E-state index contributed by atoms with van der Waals surface area (Å²) in [6.07, 6.45) is 2.87. The van der Waals surface area contributed by atoms with E-state index >= 15 is 0 Å². The SMILES string of the molecule is CCCC(C)(CNCC(C)C)CN1CC(C)OC(C)(C)C1. The van der Waals surface area contributed by atoms with Crippen LogP contribution in [0.5, 0.6) is 0 Å². The van der Waals surface area contributed by atoms with E-state index in [1.54, 1.807) is 0 Å². The highest BCUT2D eigenvalue weighted by molar-refractivity contribution is 4.88. The minimum atomic E-state index is -0.0177. The molecule has 2 unspecified atom stereocenters. The molecule has 0 aliphatic carbocycles. The van der Waals surface area contributed by atoms with Crippen LogP contribution in [0.4, 0.5) is 0 Å². The molecule has 0 bridgehead atoms. The van der Waals surface area contributed by atoms with Crippen LogP contribution < -0.4 is 5.32 Å². The summed E-state index contributed by atoms with van der Waals surface area (Å²) in [6, 6.07) is 0. The lowest BCUT2D eigenvalue weighted by molar-refractivity contribution is -0.134. The molecule has 0 aromatic carbocycles. The molecule has 1 aliphatic heterocycles. The smallest absolute Gasteiger partial charge is 0.0757 e. The van der Waals surface area contributed by atoms with Gasteiger partial charge in [0.1, 0.15) is 0 Å². The molecule has 1 aliphatic rings. The van der Waals surface area contributed by atoms with Gasteiger partial charge in [-0.05, 0) is 45.1 Å². The summed E-state index contributed by atoms with van der Waals surface area (Å²) in [4.78, 5) is 2.61. The molecule has 0 amide bonds. The molecule has 0 aromatic heterocycles. The molecule has 1 N–H and O–H groups in total. The highest BCUT2D eigenvalue weighted by Gasteiger charge is 2.35. The predicted molar refractivity (Wildman–Crippen MR) is 91.8 cm³/mol. The lowest BCUT2D eigenvalue weighted by Gasteiger charge is -2.45. The van der Waals surface area contributed by atoms with E-state index < -0.39 is 0 Å². The zero-order valence-electron chi connectivity index (χ0n) is 15.5. The van der Waals surface area contributed by atoms with E-state index in [0.717, 1.165) is 32.1 Å². The minimum absolute atomic E-state index is 0.0177. The molecular formula is C18H38N2O. The number of nitrogens with one attached hydrogen (secondary N) is 1. The Kier molecular flexibility index (Phi) is 7.15. The van der Waals surface area contributed by atoms with E-state index in [1.165, 1.54) is 19.4 Å². The zero-order chi connectivity index (χ0) is 16.1. The number of rotatable bonds is 8. The molecule has 3 heteroatoms. The number of hydrogen-bond donors (Lipinski definition) is 1. The normalized spacial score (nSPS) is 26.0. The largest absolute Gasteiger partial charge is 0.370 e. The first-order chi connectivity index (χ1) is 9.66. The third-order valence-electron chi connectivity index (χ3n) is 4.20. The average Bonchev–Trinajstić information content (AvgIpc) is 2.24. The lowest BCUT2D eigenvalue weighted by atomic mass is 9.84. The first-order valence-electron chi connectivity index (χ1n) is 8.77. The summed E-state index contributed by atoms with van der Waals surface area (Å²) in [5, 5.41) is 3.67. The van der Waals surface area contributed by atoms with E-state index in [-0.39, 0.29) is 5.60 Å². The molecule has 1 heterocycles. The lowest BCUT2D eigenvalue weighted by Crippen LogP contribution is -2.55. The second kappa shape index (κ2) is 7.94. The number of nitrogens with zero attached hydrogens (tertiary/aromatic N) is 1. The molecule has 0 aromatic rings. The summed E-state index contributed by atoms with van der Waals surface area (Å²) in [5.41, 5.74) is 0.340. The monoisotopic (exact) mass is 298 g/mol. The van der Waals surface area contributed by atoms with Gasteiger partial charge in [0.15, 0.2) is 0 Å². The molecule has 1 rings (SSSR count). The van der Waals surface area contributed by atoms with Gasteiger partial charge in [-0.3, -0.25) is 4.90 Å². The Morgan fingerprint density at radius 3 is 2.57 bits per heavy atom. The molecular weight excluding hydrogens is 260 g/mol. The van der Waals surface area contributed by atoms with Gasteiger partial charge in [0.25, 0.3) is 0 Å². The molecule has 21 heavy (non-hydrogen) atoms. The van der Waals surface area contributed by atoms with Crippen LogP contribution in [-0.2, 0) is 4.74 Å². The molecule has 0 saturated carbocycles. The highest BCUT2D eigenvalue weighted by atomic mass is 16.5. The maximum absolute atomic E-state index is 6.03. The van der Waals surface area contributed by atoms with Crippen molar-refractivity contribution >= 4 is 0 Å². The predicted octanol–water partition coefficient (Wildman–Crippen LogP) is 3.54. The van der Waals surface area contributed by atoms with Crippen molar-refractivity contribution in [3.63, 3.8) is 0 Å². The fourth-order valence-electron chi connectivity index (χ4n) is 3.74. The van der Waals surface area contributed by atoms with Crippen LogP contribution >= 0.6 is 0 Å². The summed E-state index contributed by atoms with van der Waals surface area (Å²) in [7, 11) is 0. The van der Waals surface area contributed by atoms with Crippen molar-refractivity contribution in [3.8, 4) is 0 Å². The zero-order valence-corrected chi connectivity index (χ0v) is 15.5. The quantitative estimate of drug-likeness (QED) is 0.742. The van der Waals surface area contributed by atoms with Gasteiger partial charge >= 0.3 is 0 Å². The fraction of sp³-hybridized carbons (Fsp3) is 1.00. The second-order valence-electron chi connectivity index (χ2n) is 8.44. The van der Waals surface area contributed by atoms with Crippen molar-refractivity contribution < 1.29 is 4.74 Å². The second-order valence-corrected chi connectivity index (χ2v) is 8.44. The molecule has 0 radical (unpaired) electrons. The van der Waals surface area contributed by atoms with E-state index in [2.05, 4.69) is 58.7 Å². The Labute approximate surface area is 132 Å². The fourth-order valence-corrected chi connectivity index (χ4v) is 3.74. The van der Waals surface area contributed by atoms with E-state index in [0.29, 0.717) is 11.5 Å². The molecule has 2 atom stereocenters.